The zero-order valence-electron chi connectivity index (χ0n) is 16.7. The van der Waals surface area contributed by atoms with Crippen molar-refractivity contribution in [2.75, 3.05) is 6.54 Å². The highest BCUT2D eigenvalue weighted by molar-refractivity contribution is 5.75. The zero-order chi connectivity index (χ0) is 17.9. The van der Waals surface area contributed by atoms with Gasteiger partial charge in [0.15, 0.2) is 5.96 Å². The Labute approximate surface area is 152 Å². The van der Waals surface area contributed by atoms with Crippen LogP contribution in [0.1, 0.15) is 117 Å². The Morgan fingerprint density at radius 1 is 0.625 bits per heavy atom. The molecule has 0 rings (SSSR count). The van der Waals surface area contributed by atoms with E-state index in [1.54, 1.807) is 0 Å². The molecule has 0 saturated carbocycles. The number of nitrogens with two attached hydrogens (primary N) is 2. The highest BCUT2D eigenvalue weighted by atomic mass is 15.0. The molecule has 0 spiro atoms. The van der Waals surface area contributed by atoms with Gasteiger partial charge in [-0.05, 0) is 18.8 Å². The zero-order valence-corrected chi connectivity index (χ0v) is 16.7. The van der Waals surface area contributed by atoms with Gasteiger partial charge in [0.1, 0.15) is 0 Å². The van der Waals surface area contributed by atoms with E-state index in [1.807, 2.05) is 0 Å². The van der Waals surface area contributed by atoms with Crippen molar-refractivity contribution < 1.29 is 0 Å². The van der Waals surface area contributed by atoms with Crippen LogP contribution in [-0.4, -0.2) is 12.5 Å². The second-order valence-electron chi connectivity index (χ2n) is 7.45. The van der Waals surface area contributed by atoms with Gasteiger partial charge in [-0.2, -0.15) is 0 Å². The van der Waals surface area contributed by atoms with E-state index in [0.717, 1.165) is 6.54 Å². The summed E-state index contributed by atoms with van der Waals surface area (Å²) in [4.78, 5) is 4.27. The van der Waals surface area contributed by atoms with Gasteiger partial charge >= 0.3 is 0 Å². The van der Waals surface area contributed by atoms with Crippen LogP contribution in [0.3, 0.4) is 0 Å². The molecule has 0 aliphatic rings. The van der Waals surface area contributed by atoms with E-state index in [2.05, 4.69) is 18.8 Å². The summed E-state index contributed by atoms with van der Waals surface area (Å²) < 4.78 is 0. The van der Waals surface area contributed by atoms with Crippen molar-refractivity contribution in [3.8, 4) is 0 Å². The number of hydrogen-bond acceptors (Lipinski definition) is 1. The van der Waals surface area contributed by atoms with Crippen LogP contribution in [0.15, 0.2) is 4.99 Å². The highest BCUT2D eigenvalue weighted by Gasteiger charge is 2.08. The number of nitrogens with zero attached hydrogens (tertiary/aromatic N) is 1. The lowest BCUT2D eigenvalue weighted by Gasteiger charge is -2.15. The molecule has 24 heavy (non-hydrogen) atoms. The van der Waals surface area contributed by atoms with Gasteiger partial charge < -0.3 is 11.5 Å². The summed E-state index contributed by atoms with van der Waals surface area (Å²) in [7, 11) is 0. The second-order valence-corrected chi connectivity index (χ2v) is 7.45. The van der Waals surface area contributed by atoms with E-state index < -0.39 is 0 Å². The first kappa shape index (κ1) is 23.3. The molecule has 0 aliphatic carbocycles. The van der Waals surface area contributed by atoms with Gasteiger partial charge in [-0.1, -0.05) is 104 Å². The minimum atomic E-state index is 0.249. The summed E-state index contributed by atoms with van der Waals surface area (Å²) >= 11 is 0. The van der Waals surface area contributed by atoms with Crippen LogP contribution in [0.25, 0.3) is 0 Å². The maximum absolute atomic E-state index is 5.51. The monoisotopic (exact) mass is 339 g/mol. The molecule has 0 heterocycles. The van der Waals surface area contributed by atoms with E-state index in [9.17, 15) is 0 Å². The lowest BCUT2D eigenvalue weighted by molar-refractivity contribution is 0.411. The van der Waals surface area contributed by atoms with Crippen molar-refractivity contribution in [3.05, 3.63) is 0 Å². The quantitative estimate of drug-likeness (QED) is 0.178. The Bertz CT molecular complexity index is 272. The third kappa shape index (κ3) is 17.6. The van der Waals surface area contributed by atoms with Crippen LogP contribution in [0.4, 0.5) is 0 Å². The summed E-state index contributed by atoms with van der Waals surface area (Å²) in [5, 5.41) is 0. The van der Waals surface area contributed by atoms with Crippen LogP contribution in [0.5, 0.6) is 0 Å². The van der Waals surface area contributed by atoms with E-state index in [4.69, 9.17) is 11.5 Å². The molecule has 0 aromatic carbocycles. The lowest BCUT2D eigenvalue weighted by Crippen LogP contribution is -2.24. The largest absolute Gasteiger partial charge is 0.370 e. The molecule has 144 valence electrons. The maximum atomic E-state index is 5.51. The van der Waals surface area contributed by atoms with Gasteiger partial charge in [-0.3, -0.25) is 4.99 Å². The Morgan fingerprint density at radius 2 is 1.00 bits per heavy atom. The predicted octanol–water partition coefficient (Wildman–Crippen LogP) is 6.16. The van der Waals surface area contributed by atoms with Crippen molar-refractivity contribution in [1.29, 1.82) is 0 Å². The van der Waals surface area contributed by atoms with Crippen LogP contribution < -0.4 is 11.5 Å². The molecule has 1 atom stereocenters. The molecule has 4 N–H and O–H groups in total. The van der Waals surface area contributed by atoms with Crippen LogP contribution in [0.2, 0.25) is 0 Å². The van der Waals surface area contributed by atoms with E-state index in [0.29, 0.717) is 5.92 Å². The molecule has 0 fully saturated rings. The molecular formula is C21H45N3. The molecule has 0 radical (unpaired) electrons. The Kier molecular flexibility index (Phi) is 18.0. The Morgan fingerprint density at radius 3 is 1.38 bits per heavy atom. The number of guanidine groups is 1. The molecule has 3 heteroatoms. The smallest absolute Gasteiger partial charge is 0.185 e. The van der Waals surface area contributed by atoms with Crippen LogP contribution in [0, 0.1) is 5.92 Å². The standard InChI is InChI=1S/C21H45N3/c1-3-5-7-9-11-12-14-16-18-20(19-24-21(22)23)17-15-13-10-8-6-4-2/h20H,3-19H2,1-2H3,(H4,22,23,24). The molecular weight excluding hydrogens is 294 g/mol. The molecule has 3 nitrogen and oxygen atoms in total. The van der Waals surface area contributed by atoms with Gasteiger partial charge in [0, 0.05) is 6.54 Å². The lowest BCUT2D eigenvalue weighted by atomic mass is 9.94. The first-order valence-electron chi connectivity index (χ1n) is 10.8. The van der Waals surface area contributed by atoms with E-state index in [-0.39, 0.29) is 5.96 Å². The van der Waals surface area contributed by atoms with Crippen LogP contribution >= 0.6 is 0 Å². The van der Waals surface area contributed by atoms with Gasteiger partial charge in [0.05, 0.1) is 0 Å². The summed E-state index contributed by atoms with van der Waals surface area (Å²) in [6, 6.07) is 0. The number of rotatable bonds is 18. The molecule has 0 aliphatic heterocycles. The van der Waals surface area contributed by atoms with Gasteiger partial charge in [0.25, 0.3) is 0 Å². The summed E-state index contributed by atoms with van der Waals surface area (Å²) in [6.07, 6.45) is 21.9. The van der Waals surface area contributed by atoms with Crippen molar-refractivity contribution >= 4 is 5.96 Å². The molecule has 0 aromatic heterocycles. The first-order valence-corrected chi connectivity index (χ1v) is 10.8. The first-order chi connectivity index (χ1) is 11.7. The number of aliphatic imine (C=N–C) groups is 1. The molecule has 1 unspecified atom stereocenters. The van der Waals surface area contributed by atoms with Gasteiger partial charge in [-0.25, -0.2) is 0 Å². The van der Waals surface area contributed by atoms with Crippen LogP contribution in [-0.2, 0) is 0 Å². The van der Waals surface area contributed by atoms with E-state index in [1.165, 1.54) is 103 Å². The second kappa shape index (κ2) is 18.6. The van der Waals surface area contributed by atoms with Crippen molar-refractivity contribution in [1.82, 2.24) is 0 Å². The fourth-order valence-electron chi connectivity index (χ4n) is 3.34. The van der Waals surface area contributed by atoms with Crippen molar-refractivity contribution in [3.63, 3.8) is 0 Å². The Balaban J connectivity index is 3.73. The van der Waals surface area contributed by atoms with Crippen molar-refractivity contribution in [2.24, 2.45) is 22.4 Å². The Hall–Kier alpha value is -0.730. The normalized spacial score (nSPS) is 12.2. The average Bonchev–Trinajstić information content (AvgIpc) is 2.57. The third-order valence-corrected chi connectivity index (χ3v) is 4.96. The SMILES string of the molecule is CCCCCCCCCCC(CCCCCCCC)CN=C(N)N. The highest BCUT2D eigenvalue weighted by Crippen LogP contribution is 2.19. The molecule has 0 aromatic rings. The summed E-state index contributed by atoms with van der Waals surface area (Å²) in [5.41, 5.74) is 11.0. The van der Waals surface area contributed by atoms with Crippen molar-refractivity contribution in [2.45, 2.75) is 117 Å². The number of hydrogen-bond donors (Lipinski definition) is 2. The fraction of sp³-hybridized carbons (Fsp3) is 0.952. The average molecular weight is 340 g/mol. The minimum Gasteiger partial charge on any atom is -0.370 e. The van der Waals surface area contributed by atoms with E-state index >= 15 is 0 Å². The third-order valence-electron chi connectivity index (χ3n) is 4.96. The fourth-order valence-corrected chi connectivity index (χ4v) is 3.34. The summed E-state index contributed by atoms with van der Waals surface area (Å²) in [6.45, 7) is 5.38. The topological polar surface area (TPSA) is 64.4 Å². The number of unbranched alkanes of at least 4 members (excludes halogenated alkanes) is 12. The minimum absolute atomic E-state index is 0.249. The molecule has 0 bridgehead atoms. The molecule has 0 saturated heterocycles. The molecule has 0 amide bonds. The predicted molar refractivity (Wildman–Crippen MR) is 109 cm³/mol. The summed E-state index contributed by atoms with van der Waals surface area (Å²) in [5.74, 6) is 0.928. The maximum Gasteiger partial charge on any atom is 0.185 e. The van der Waals surface area contributed by atoms with Gasteiger partial charge in [-0.15, -0.1) is 0 Å². The van der Waals surface area contributed by atoms with Gasteiger partial charge in [0.2, 0.25) is 0 Å².